The van der Waals surface area contributed by atoms with Gasteiger partial charge in [0, 0.05) is 19.0 Å². The van der Waals surface area contributed by atoms with Gasteiger partial charge in [0.15, 0.2) is 5.81 Å². The zero-order valence-corrected chi connectivity index (χ0v) is 9.23. The van der Waals surface area contributed by atoms with Gasteiger partial charge in [0.2, 0.25) is 13.8 Å². The molecule has 6 heteroatoms. The van der Waals surface area contributed by atoms with Gasteiger partial charge in [-0.05, 0) is 6.92 Å². The molecule has 1 rings (SSSR count). The summed E-state index contributed by atoms with van der Waals surface area (Å²) in [6.45, 7) is 2.86. The molecular weight excluding hydrogens is 207 g/mol. The van der Waals surface area contributed by atoms with Crippen molar-refractivity contribution in [3.05, 3.63) is 12.2 Å². The molecule has 5 nitrogen and oxygen atoms in total. The summed E-state index contributed by atoms with van der Waals surface area (Å²) in [5, 5.41) is 5.24. The molecule has 1 fully saturated rings. The van der Waals surface area contributed by atoms with E-state index in [0.717, 1.165) is 0 Å². The molecule has 2 radical (unpaired) electrons. The van der Waals surface area contributed by atoms with Gasteiger partial charge in [-0.2, -0.15) is 0 Å². The molecule has 16 heavy (non-hydrogen) atoms. The summed E-state index contributed by atoms with van der Waals surface area (Å²) < 4.78 is 5.31. The van der Waals surface area contributed by atoms with Gasteiger partial charge in [-0.3, -0.25) is 9.59 Å². The van der Waals surface area contributed by atoms with Crippen molar-refractivity contribution in [1.82, 2.24) is 10.6 Å². The van der Waals surface area contributed by atoms with E-state index in [1.54, 1.807) is 12.2 Å². The summed E-state index contributed by atoms with van der Waals surface area (Å²) in [6.07, 6.45) is 3.43. The van der Waals surface area contributed by atoms with Crippen molar-refractivity contribution in [2.75, 3.05) is 13.2 Å². The van der Waals surface area contributed by atoms with Gasteiger partial charge in [0.05, 0.1) is 6.61 Å². The molecule has 1 saturated heterocycles. The Morgan fingerprint density at radius 3 is 3.12 bits per heavy atom. The van der Waals surface area contributed by atoms with E-state index in [4.69, 9.17) is 12.6 Å². The number of rotatable bonds is 4. The molecule has 1 aliphatic rings. The maximum absolute atomic E-state index is 11.4. The van der Waals surface area contributed by atoms with Gasteiger partial charge in [-0.15, -0.1) is 0 Å². The van der Waals surface area contributed by atoms with Gasteiger partial charge >= 0.3 is 0 Å². The lowest BCUT2D eigenvalue weighted by Crippen LogP contribution is -2.47. The summed E-state index contributed by atoms with van der Waals surface area (Å²) in [6, 6.07) is -0.281. The fraction of sp³-hybridized carbons (Fsp3) is 0.600. The number of carbonyl (C=O) groups is 2. The topological polar surface area (TPSA) is 67.4 Å². The lowest BCUT2D eigenvalue weighted by molar-refractivity contribution is -0.138. The molecule has 0 aromatic carbocycles. The second kappa shape index (κ2) is 6.32. The van der Waals surface area contributed by atoms with Crippen LogP contribution in [0.5, 0.6) is 0 Å². The fourth-order valence-corrected chi connectivity index (χ4v) is 1.57. The number of hydrogen-bond acceptors (Lipinski definition) is 3. The summed E-state index contributed by atoms with van der Waals surface area (Å²) in [4.78, 5) is 22.2. The van der Waals surface area contributed by atoms with Crippen molar-refractivity contribution in [2.45, 2.75) is 25.5 Å². The number of carbonyl (C=O) groups excluding carboxylic acids is 2. The highest BCUT2D eigenvalue weighted by molar-refractivity contribution is 6.57. The highest BCUT2D eigenvalue weighted by Gasteiger charge is 2.25. The second-order valence-corrected chi connectivity index (χ2v) is 3.53. The van der Waals surface area contributed by atoms with Crippen LogP contribution in [0.1, 0.15) is 13.3 Å². The molecule has 2 amide bonds. The highest BCUT2D eigenvalue weighted by Crippen LogP contribution is 2.07. The van der Waals surface area contributed by atoms with E-state index in [-0.39, 0.29) is 11.9 Å². The van der Waals surface area contributed by atoms with Crippen LogP contribution in [0.25, 0.3) is 0 Å². The minimum Gasteiger partial charge on any atom is -0.366 e. The average Bonchev–Trinajstić information content (AvgIpc) is 2.21. The minimum atomic E-state index is -0.612. The molecule has 2 atom stereocenters. The third kappa shape index (κ3) is 4.06. The Hall–Kier alpha value is -1.30. The Bertz CT molecular complexity index is 294. The van der Waals surface area contributed by atoms with Gasteiger partial charge in [-0.1, -0.05) is 12.2 Å². The van der Waals surface area contributed by atoms with E-state index >= 15 is 0 Å². The van der Waals surface area contributed by atoms with Crippen molar-refractivity contribution in [2.24, 2.45) is 0 Å². The van der Waals surface area contributed by atoms with Crippen molar-refractivity contribution in [1.29, 1.82) is 0 Å². The standard InChI is InChI=1S/C10H15BN2O3/c1-2-3-7(13-10(11)15)6-8-9(14)12-4-5-16-8/h2-3,7-8H,4-6H2,1H3,(H,12,14)(H,13,15)/b3-2+/t7-,8+/m1/s1. The van der Waals surface area contributed by atoms with Gasteiger partial charge in [-0.25, -0.2) is 0 Å². The SMILES string of the molecule is [B]C(=O)N[C@H](/C=C/C)C[C@@H]1OCCNC1=O. The van der Waals surface area contributed by atoms with Crippen LogP contribution in [-0.2, 0) is 9.53 Å². The first-order valence-electron chi connectivity index (χ1n) is 5.21. The van der Waals surface area contributed by atoms with Crippen LogP contribution < -0.4 is 10.6 Å². The summed E-state index contributed by atoms with van der Waals surface area (Å²) in [7, 11) is 5.04. The average molecular weight is 222 g/mol. The molecule has 0 bridgehead atoms. The van der Waals surface area contributed by atoms with Crippen LogP contribution in [-0.4, -0.2) is 44.9 Å². The van der Waals surface area contributed by atoms with Crippen molar-refractivity contribution in [3.8, 4) is 0 Å². The number of allylic oxidation sites excluding steroid dienone is 1. The number of nitrogens with one attached hydrogen (secondary N) is 2. The number of hydrogen-bond donors (Lipinski definition) is 2. The number of amides is 2. The zero-order valence-electron chi connectivity index (χ0n) is 9.23. The molecule has 0 spiro atoms. The predicted octanol–water partition coefficient (Wildman–Crippen LogP) is -0.286. The van der Waals surface area contributed by atoms with E-state index in [0.29, 0.717) is 19.6 Å². The molecule has 86 valence electrons. The van der Waals surface area contributed by atoms with E-state index < -0.39 is 11.9 Å². The first-order valence-corrected chi connectivity index (χ1v) is 5.21. The Balaban J connectivity index is 2.52. The van der Waals surface area contributed by atoms with E-state index in [1.807, 2.05) is 6.92 Å². The first-order chi connectivity index (χ1) is 7.63. The maximum atomic E-state index is 11.4. The molecule has 0 saturated carbocycles. The van der Waals surface area contributed by atoms with E-state index in [1.165, 1.54) is 0 Å². The van der Waals surface area contributed by atoms with Crippen LogP contribution in [0.4, 0.5) is 4.79 Å². The van der Waals surface area contributed by atoms with Crippen LogP contribution >= 0.6 is 0 Å². The zero-order chi connectivity index (χ0) is 12.0. The minimum absolute atomic E-state index is 0.146. The van der Waals surface area contributed by atoms with Crippen LogP contribution in [0.2, 0.25) is 0 Å². The molecule has 2 N–H and O–H groups in total. The Labute approximate surface area is 96.0 Å². The van der Waals surface area contributed by atoms with Crippen LogP contribution in [0, 0.1) is 0 Å². The van der Waals surface area contributed by atoms with Crippen molar-refractivity contribution in [3.63, 3.8) is 0 Å². The van der Waals surface area contributed by atoms with Crippen molar-refractivity contribution >= 4 is 19.6 Å². The molecule has 0 aromatic heterocycles. The summed E-state index contributed by atoms with van der Waals surface area (Å²) in [5.41, 5.74) is 0. The van der Waals surface area contributed by atoms with Crippen LogP contribution in [0.15, 0.2) is 12.2 Å². The van der Waals surface area contributed by atoms with Crippen molar-refractivity contribution < 1.29 is 14.3 Å². The Morgan fingerprint density at radius 2 is 2.56 bits per heavy atom. The predicted molar refractivity (Wildman–Crippen MR) is 60.3 cm³/mol. The normalized spacial score (nSPS) is 22.8. The molecule has 0 aliphatic carbocycles. The smallest absolute Gasteiger partial charge is 0.249 e. The third-order valence-electron chi connectivity index (χ3n) is 2.23. The fourth-order valence-electron chi connectivity index (χ4n) is 1.57. The molecular formula is C10H15BN2O3. The third-order valence-corrected chi connectivity index (χ3v) is 2.23. The quantitative estimate of drug-likeness (QED) is 0.507. The van der Waals surface area contributed by atoms with E-state index in [2.05, 4.69) is 10.6 Å². The summed E-state index contributed by atoms with van der Waals surface area (Å²) >= 11 is 0. The van der Waals surface area contributed by atoms with E-state index in [9.17, 15) is 9.59 Å². The van der Waals surface area contributed by atoms with Gasteiger partial charge < -0.3 is 15.4 Å². The van der Waals surface area contributed by atoms with Gasteiger partial charge in [0.25, 0.3) is 0 Å². The summed E-state index contributed by atoms with van der Waals surface area (Å²) in [5.74, 6) is -0.758. The van der Waals surface area contributed by atoms with Gasteiger partial charge in [0.1, 0.15) is 6.10 Å². The lowest BCUT2D eigenvalue weighted by atomic mass is 10.0. The largest absolute Gasteiger partial charge is 0.366 e. The van der Waals surface area contributed by atoms with Crippen LogP contribution in [0.3, 0.4) is 0 Å². The Kier molecular flexibility index (Phi) is 5.05. The highest BCUT2D eigenvalue weighted by atomic mass is 16.5. The Morgan fingerprint density at radius 1 is 1.81 bits per heavy atom. The molecule has 0 aromatic rings. The lowest BCUT2D eigenvalue weighted by Gasteiger charge is -2.25. The first kappa shape index (κ1) is 12.8. The molecule has 1 heterocycles. The second-order valence-electron chi connectivity index (χ2n) is 3.53. The number of ether oxygens (including phenoxy) is 1. The number of morpholine rings is 1. The molecule has 0 unspecified atom stereocenters. The molecule has 1 aliphatic heterocycles. The monoisotopic (exact) mass is 222 g/mol. The maximum Gasteiger partial charge on any atom is 0.249 e.